The number of piperazine rings is 1. The van der Waals surface area contributed by atoms with Crippen LogP contribution in [0.1, 0.15) is 26.2 Å². The first kappa shape index (κ1) is 12.8. The van der Waals surface area contributed by atoms with Crippen molar-refractivity contribution >= 4 is 5.91 Å². The lowest BCUT2D eigenvalue weighted by Crippen LogP contribution is -2.51. The molecule has 17 heavy (non-hydrogen) atoms. The molecule has 1 unspecified atom stereocenters. The first-order chi connectivity index (χ1) is 8.16. The zero-order chi connectivity index (χ0) is 12.3. The Balaban J connectivity index is 1.66. The summed E-state index contributed by atoms with van der Waals surface area (Å²) in [6.07, 6.45) is 4.02. The van der Waals surface area contributed by atoms with Gasteiger partial charge in [-0.25, -0.2) is 0 Å². The van der Waals surface area contributed by atoms with Crippen LogP contribution < -0.4 is 5.32 Å². The van der Waals surface area contributed by atoms with Gasteiger partial charge in [-0.3, -0.25) is 4.79 Å². The maximum absolute atomic E-state index is 12.0. The van der Waals surface area contributed by atoms with Gasteiger partial charge in [0.15, 0.2) is 0 Å². The van der Waals surface area contributed by atoms with Crippen molar-refractivity contribution in [2.75, 3.05) is 39.8 Å². The van der Waals surface area contributed by atoms with Gasteiger partial charge in [-0.1, -0.05) is 6.42 Å². The first-order valence-electron chi connectivity index (χ1n) is 6.86. The van der Waals surface area contributed by atoms with E-state index in [1.807, 2.05) is 4.90 Å². The maximum atomic E-state index is 12.0. The highest BCUT2D eigenvalue weighted by molar-refractivity contribution is 5.78. The summed E-state index contributed by atoms with van der Waals surface area (Å²) in [4.78, 5) is 16.2. The number of nitrogens with one attached hydrogen (secondary N) is 1. The van der Waals surface area contributed by atoms with E-state index >= 15 is 0 Å². The molecule has 1 saturated heterocycles. The number of carbonyl (C=O) groups excluding carboxylic acids is 1. The Morgan fingerprint density at radius 2 is 1.94 bits per heavy atom. The van der Waals surface area contributed by atoms with Crippen LogP contribution in [-0.2, 0) is 4.79 Å². The summed E-state index contributed by atoms with van der Waals surface area (Å²) in [5, 5.41) is 3.39. The highest BCUT2D eigenvalue weighted by Crippen LogP contribution is 2.29. The number of rotatable bonds is 4. The zero-order valence-electron chi connectivity index (χ0n) is 11.1. The third-order valence-electron chi connectivity index (χ3n) is 4.29. The Labute approximate surface area is 104 Å². The number of nitrogens with zero attached hydrogens (tertiary/aromatic N) is 2. The second kappa shape index (κ2) is 5.83. The third kappa shape index (κ3) is 3.42. The van der Waals surface area contributed by atoms with E-state index in [-0.39, 0.29) is 5.91 Å². The first-order valence-corrected chi connectivity index (χ1v) is 6.86. The molecule has 98 valence electrons. The van der Waals surface area contributed by atoms with Crippen molar-refractivity contribution in [3.05, 3.63) is 0 Å². The molecule has 1 heterocycles. The largest absolute Gasteiger partial charge is 0.339 e. The van der Waals surface area contributed by atoms with Crippen molar-refractivity contribution in [1.82, 2.24) is 15.1 Å². The molecular formula is C13H25N3O. The van der Waals surface area contributed by atoms with Crippen LogP contribution in [0.2, 0.25) is 0 Å². The van der Waals surface area contributed by atoms with Crippen LogP contribution in [-0.4, -0.2) is 61.5 Å². The molecular weight excluding hydrogens is 214 g/mol. The van der Waals surface area contributed by atoms with Gasteiger partial charge in [0.1, 0.15) is 0 Å². The molecule has 0 aromatic heterocycles. The lowest BCUT2D eigenvalue weighted by atomic mass is 9.80. The summed E-state index contributed by atoms with van der Waals surface area (Å²) in [7, 11) is 2.11. The molecule has 2 rings (SSSR count). The van der Waals surface area contributed by atoms with Gasteiger partial charge < -0.3 is 15.1 Å². The quantitative estimate of drug-likeness (QED) is 0.778. The Morgan fingerprint density at radius 1 is 1.29 bits per heavy atom. The van der Waals surface area contributed by atoms with E-state index < -0.39 is 0 Å². The molecule has 0 aromatic carbocycles. The fraction of sp³-hybridized carbons (Fsp3) is 0.923. The van der Waals surface area contributed by atoms with E-state index in [4.69, 9.17) is 0 Å². The number of hydrogen-bond acceptors (Lipinski definition) is 3. The normalized spacial score (nSPS) is 24.5. The van der Waals surface area contributed by atoms with Gasteiger partial charge in [0.2, 0.25) is 5.91 Å². The van der Waals surface area contributed by atoms with Gasteiger partial charge in [0.25, 0.3) is 0 Å². The SMILES string of the molecule is CC(NCC(=O)N1CCN(C)CC1)C1CCC1. The van der Waals surface area contributed by atoms with Gasteiger partial charge in [0, 0.05) is 32.2 Å². The predicted molar refractivity (Wildman–Crippen MR) is 68.9 cm³/mol. The molecule has 1 aliphatic heterocycles. The van der Waals surface area contributed by atoms with E-state index in [2.05, 4.69) is 24.2 Å². The van der Waals surface area contributed by atoms with Crippen molar-refractivity contribution in [1.29, 1.82) is 0 Å². The Hall–Kier alpha value is -0.610. The summed E-state index contributed by atoms with van der Waals surface area (Å²) in [6, 6.07) is 0.500. The van der Waals surface area contributed by atoms with Crippen LogP contribution in [0.25, 0.3) is 0 Å². The summed E-state index contributed by atoms with van der Waals surface area (Å²) in [5.41, 5.74) is 0. The summed E-state index contributed by atoms with van der Waals surface area (Å²) < 4.78 is 0. The van der Waals surface area contributed by atoms with E-state index in [1.54, 1.807) is 0 Å². The number of hydrogen-bond donors (Lipinski definition) is 1. The molecule has 2 aliphatic rings. The molecule has 1 saturated carbocycles. The monoisotopic (exact) mass is 239 g/mol. The van der Waals surface area contributed by atoms with E-state index in [1.165, 1.54) is 19.3 Å². The fourth-order valence-electron chi connectivity index (χ4n) is 2.52. The Kier molecular flexibility index (Phi) is 4.40. The van der Waals surface area contributed by atoms with Crippen LogP contribution in [0.5, 0.6) is 0 Å². The average molecular weight is 239 g/mol. The Morgan fingerprint density at radius 3 is 2.47 bits per heavy atom. The van der Waals surface area contributed by atoms with E-state index in [0.717, 1.165) is 32.1 Å². The minimum atomic E-state index is 0.268. The average Bonchev–Trinajstić information content (AvgIpc) is 2.24. The summed E-state index contributed by atoms with van der Waals surface area (Å²) in [6.45, 7) is 6.50. The number of amides is 1. The lowest BCUT2D eigenvalue weighted by Gasteiger charge is -2.34. The maximum Gasteiger partial charge on any atom is 0.236 e. The van der Waals surface area contributed by atoms with Crippen LogP contribution in [0.15, 0.2) is 0 Å². The summed E-state index contributed by atoms with van der Waals surface area (Å²) in [5.74, 6) is 1.07. The van der Waals surface area contributed by atoms with Crippen LogP contribution in [0.4, 0.5) is 0 Å². The molecule has 1 atom stereocenters. The molecule has 0 spiro atoms. The molecule has 0 aromatic rings. The van der Waals surface area contributed by atoms with E-state index in [0.29, 0.717) is 12.6 Å². The third-order valence-corrected chi connectivity index (χ3v) is 4.29. The minimum Gasteiger partial charge on any atom is -0.339 e. The van der Waals surface area contributed by atoms with Crippen LogP contribution in [0, 0.1) is 5.92 Å². The molecule has 0 bridgehead atoms. The van der Waals surface area contributed by atoms with Crippen molar-refractivity contribution in [3.8, 4) is 0 Å². The predicted octanol–water partition coefficient (Wildman–Crippen LogP) is 0.539. The Bertz CT molecular complexity index is 257. The number of likely N-dealkylation sites (N-methyl/N-ethyl adjacent to an activating group) is 1. The fourth-order valence-corrected chi connectivity index (χ4v) is 2.52. The molecule has 1 aliphatic carbocycles. The van der Waals surface area contributed by atoms with Gasteiger partial charge in [-0.05, 0) is 32.7 Å². The highest BCUT2D eigenvalue weighted by Gasteiger charge is 2.25. The topological polar surface area (TPSA) is 35.6 Å². The van der Waals surface area contributed by atoms with Gasteiger partial charge in [-0.2, -0.15) is 0 Å². The molecule has 4 nitrogen and oxygen atoms in total. The van der Waals surface area contributed by atoms with Gasteiger partial charge >= 0.3 is 0 Å². The van der Waals surface area contributed by atoms with Gasteiger partial charge in [-0.15, -0.1) is 0 Å². The lowest BCUT2D eigenvalue weighted by molar-refractivity contribution is -0.132. The number of carbonyl (C=O) groups is 1. The van der Waals surface area contributed by atoms with Crippen LogP contribution in [0.3, 0.4) is 0 Å². The van der Waals surface area contributed by atoms with Crippen molar-refractivity contribution in [3.63, 3.8) is 0 Å². The van der Waals surface area contributed by atoms with Gasteiger partial charge in [0.05, 0.1) is 6.54 Å². The molecule has 1 amide bonds. The van der Waals surface area contributed by atoms with Crippen molar-refractivity contribution < 1.29 is 4.79 Å². The van der Waals surface area contributed by atoms with E-state index in [9.17, 15) is 4.79 Å². The minimum absolute atomic E-state index is 0.268. The van der Waals surface area contributed by atoms with Crippen molar-refractivity contribution in [2.24, 2.45) is 5.92 Å². The van der Waals surface area contributed by atoms with Crippen LogP contribution >= 0.6 is 0 Å². The van der Waals surface area contributed by atoms with Crippen molar-refractivity contribution in [2.45, 2.75) is 32.2 Å². The standard InChI is InChI=1S/C13H25N3O/c1-11(12-4-3-5-12)14-10-13(17)16-8-6-15(2)7-9-16/h11-12,14H,3-10H2,1-2H3. The molecule has 4 heteroatoms. The highest BCUT2D eigenvalue weighted by atomic mass is 16.2. The second-order valence-corrected chi connectivity index (χ2v) is 5.54. The zero-order valence-corrected chi connectivity index (χ0v) is 11.1. The molecule has 0 radical (unpaired) electrons. The molecule has 1 N–H and O–H groups in total. The molecule has 2 fully saturated rings. The smallest absolute Gasteiger partial charge is 0.236 e. The second-order valence-electron chi connectivity index (χ2n) is 5.54. The summed E-state index contributed by atoms with van der Waals surface area (Å²) >= 11 is 0.